The van der Waals surface area contributed by atoms with E-state index in [1.54, 1.807) is 45.0 Å². The van der Waals surface area contributed by atoms with Gasteiger partial charge in [0.15, 0.2) is 0 Å². The quantitative estimate of drug-likeness (QED) is 0.0157. The Morgan fingerprint density at radius 2 is 0.646 bits per heavy atom. The lowest BCUT2D eigenvalue weighted by Crippen LogP contribution is -2.47. The van der Waals surface area contributed by atoms with E-state index < -0.39 is 72.0 Å². The second-order valence-electron chi connectivity index (χ2n) is 42.6. The number of benzene rings is 1. The fourth-order valence-corrected chi connectivity index (χ4v) is 23.0. The van der Waals surface area contributed by atoms with Crippen LogP contribution in [0.25, 0.3) is 0 Å². The summed E-state index contributed by atoms with van der Waals surface area (Å²) in [4.78, 5) is 239. The van der Waals surface area contributed by atoms with Crippen molar-refractivity contribution in [2.45, 2.75) is 339 Å². The predicted molar refractivity (Wildman–Crippen MR) is 524 cm³/mol. The minimum absolute atomic E-state index is 0. The van der Waals surface area contributed by atoms with Crippen LogP contribution >= 0.6 is 0 Å². The van der Waals surface area contributed by atoms with Gasteiger partial charge in [0.25, 0.3) is 0 Å². The lowest BCUT2D eigenvalue weighted by Gasteiger charge is -2.38. The van der Waals surface area contributed by atoms with Crippen LogP contribution in [-0.4, -0.2) is 240 Å². The number of carbonyl (C=O) groups excluding carboxylic acids is 19. The third kappa shape index (κ3) is 37.2. The third-order valence-electron chi connectivity index (χ3n) is 30.0. The number of aliphatic hydroxyl groups is 4. The van der Waals surface area contributed by atoms with Crippen LogP contribution in [0.15, 0.2) is 24.3 Å². The summed E-state index contributed by atoms with van der Waals surface area (Å²) in [5, 5.41) is 59.8. The maximum absolute atomic E-state index is 13.0. The Bertz CT molecular complexity index is 4680. The zero-order chi connectivity index (χ0) is 107. The zero-order valence-corrected chi connectivity index (χ0v) is 86.7. The number of hydrogen-bond donors (Lipinski definition) is 4. The maximum atomic E-state index is 13.0. The van der Waals surface area contributed by atoms with Crippen molar-refractivity contribution in [2.75, 3.05) is 52.6 Å². The zero-order valence-electron chi connectivity index (χ0n) is 86.7. The Labute approximate surface area is 849 Å². The Kier molecular flexibility index (Phi) is 49.6. The Morgan fingerprint density at radius 3 is 0.951 bits per heavy atom. The number of ether oxygens (including phenoxy) is 5. The Balaban J connectivity index is 0.000000278. The first kappa shape index (κ1) is 120. The molecular weight excluding hydrogens is 1860 g/mol. The van der Waals surface area contributed by atoms with E-state index in [1.807, 2.05) is 52.9 Å². The normalized spacial score (nSPS) is 27.2. The first-order valence-electron chi connectivity index (χ1n) is 52.4. The molecule has 144 heavy (non-hydrogen) atoms. The highest BCUT2D eigenvalue weighted by Crippen LogP contribution is 2.43. The van der Waals surface area contributed by atoms with Crippen LogP contribution in [0.4, 0.5) is 0 Å². The van der Waals surface area contributed by atoms with Crippen molar-refractivity contribution in [2.24, 2.45) is 118 Å². The van der Waals surface area contributed by atoms with Crippen LogP contribution in [0.3, 0.4) is 0 Å². The second kappa shape index (κ2) is 59.3. The molecule has 4 N–H and O–H groups in total. The number of esters is 4. The fraction of sp³-hybridized carbons (Fsp3) is 0.734. The van der Waals surface area contributed by atoms with Gasteiger partial charge in [-0.3, -0.25) is 116 Å². The number of unbranched alkanes of at least 4 members (excludes halogenated alkanes) is 1. The first-order valence-corrected chi connectivity index (χ1v) is 52.4. The lowest BCUT2D eigenvalue weighted by atomic mass is 9.71. The number of imide groups is 5. The average molecular weight is 2020 g/mol. The van der Waals surface area contributed by atoms with Gasteiger partial charge in [0.05, 0.1) is 74.6 Å². The van der Waals surface area contributed by atoms with Gasteiger partial charge >= 0.3 is 23.9 Å². The van der Waals surface area contributed by atoms with E-state index in [9.17, 15) is 112 Å². The van der Waals surface area contributed by atoms with Gasteiger partial charge in [-0.25, -0.2) is 0 Å². The highest BCUT2D eigenvalue weighted by atomic mass is 16.5. The van der Waals surface area contributed by atoms with Gasteiger partial charge in [-0.05, 0) is 220 Å². The molecule has 35 nitrogen and oxygen atoms in total. The molecule has 10 unspecified atom stereocenters. The smallest absolute Gasteiger partial charge is 0.326 e. The molecule has 0 radical (unpaired) electrons. The van der Waals surface area contributed by atoms with Crippen molar-refractivity contribution in [1.29, 1.82) is 10.5 Å². The van der Waals surface area contributed by atoms with E-state index >= 15 is 0 Å². The van der Waals surface area contributed by atoms with Crippen molar-refractivity contribution < 1.29 is 137 Å². The summed E-state index contributed by atoms with van der Waals surface area (Å²) < 4.78 is 25.1. The van der Waals surface area contributed by atoms with E-state index in [2.05, 4.69) is 39.4 Å². The van der Waals surface area contributed by atoms with Crippen LogP contribution in [0.5, 0.6) is 0 Å². The summed E-state index contributed by atoms with van der Waals surface area (Å²) in [6, 6.07) is 10.9. The summed E-state index contributed by atoms with van der Waals surface area (Å²) in [7, 11) is 0. The summed E-state index contributed by atoms with van der Waals surface area (Å²) in [5.74, 6) is -5.62. The number of aliphatic hydroxyl groups excluding tert-OH is 4. The van der Waals surface area contributed by atoms with E-state index in [-0.39, 0.29) is 296 Å². The largest absolute Gasteiger partial charge is 0.466 e. The molecule has 1 aromatic carbocycles. The van der Waals surface area contributed by atoms with Gasteiger partial charge in [0, 0.05) is 177 Å². The van der Waals surface area contributed by atoms with Crippen molar-refractivity contribution in [3.05, 3.63) is 35.4 Å². The number of nitriles is 2. The molecule has 0 bridgehead atoms. The number of terminal acetylenes is 1. The van der Waals surface area contributed by atoms with Crippen molar-refractivity contribution in [3.63, 3.8) is 0 Å². The van der Waals surface area contributed by atoms with Crippen molar-refractivity contribution in [3.8, 4) is 24.7 Å². The van der Waals surface area contributed by atoms with Crippen LogP contribution in [-0.2, 0) is 121 Å². The number of ketones is 5. The number of carbonyl (C=O) groups is 19. The van der Waals surface area contributed by atoms with E-state index in [4.69, 9.17) is 35.9 Å². The molecule has 0 aromatic heterocycles. The first-order chi connectivity index (χ1) is 68.2. The molecule has 11 rings (SSSR count). The highest BCUT2D eigenvalue weighted by molar-refractivity contribution is 6.02. The number of Topliss-reactive ketones (excluding diaryl/α,β-unsaturated/α-hetero) is 5. The predicted octanol–water partition coefficient (Wildman–Crippen LogP) is 11.6. The van der Waals surface area contributed by atoms with Crippen molar-refractivity contribution in [1.82, 2.24) is 24.5 Å². The number of piperidine rings is 5. The maximum Gasteiger partial charge on any atom is 0.326 e. The fourth-order valence-electron chi connectivity index (χ4n) is 23.0. The number of rotatable bonds is 38. The van der Waals surface area contributed by atoms with Gasteiger partial charge in [0.1, 0.15) is 41.6 Å². The summed E-state index contributed by atoms with van der Waals surface area (Å²) in [6.07, 6.45) is 16.5. The van der Waals surface area contributed by atoms with Gasteiger partial charge in [-0.15, -0.1) is 0 Å². The molecule has 5 aliphatic heterocycles. The molecule has 5 aliphatic carbocycles. The molecule has 5 saturated heterocycles. The number of nitrogens with zero attached hydrogens (tertiary/aromatic N) is 7. The van der Waals surface area contributed by atoms with Gasteiger partial charge < -0.3 is 44.1 Å². The molecule has 35 heteroatoms. The summed E-state index contributed by atoms with van der Waals surface area (Å²) >= 11 is 0. The second-order valence-corrected chi connectivity index (χ2v) is 42.6. The summed E-state index contributed by atoms with van der Waals surface area (Å²) in [6.45, 7) is 26.7. The van der Waals surface area contributed by atoms with E-state index in [0.717, 1.165) is 42.6 Å². The monoisotopic (exact) mass is 2010 g/mol. The van der Waals surface area contributed by atoms with Crippen LogP contribution in [0.1, 0.15) is 314 Å². The molecule has 10 aliphatic rings. The standard InChI is InChI=1S/C27H39NO8.C23H28N2O4.C21H33NO6.C19H28N2O4.C19H29NO6.H2/c1-5-34-25(31)9-7-11-28-23(29)16-20(17-24(28)30)15-22(36-12-8-10-26(32)35-6-2)21-14-18(3)13-19(4)27(21)33;1-14-7-15(2)23(29)19(8-14)20(26)9-18-10-21(27)25(22(28)11-18)13-17-5-3-16(12-24)4-6-17;1-4-28-20(26)6-5-7-22-18(24)11-15(12-19(22)25)10-17(23)16-9-13(2)8-14(3)21(16)27;1-12-7-13(2)19(25)15(8-12)16(22)9-14-10-17(23)21(18(24)11-14)6-4-3-5-20;1-4-26-18(24)10-20-16(22)8-13(9-17(20)23)7-15(21)14-6-11(2)5-12(3)19(14)25;/h2,18-22H,5,7-17H2,1,3-4H3;3-6,14-15,18-20,26H,7-11,13H2,1-2H3;13-17,23H,4-12H2,1-3H3;12-16,22H,3-4,6-11H2,1-2H3;11-15,21H,4-10H2,1-3H3;1H/t18-,19?,21?,22+;14-,15?,19?,20+;13-,14?,16?,17+;12-,13?,15?,16+;11-,12?,14?,15+;/m00000./s1. The van der Waals surface area contributed by atoms with Crippen LogP contribution in [0.2, 0.25) is 0 Å². The Hall–Kier alpha value is -10.5. The minimum Gasteiger partial charge on any atom is -0.466 e. The van der Waals surface area contributed by atoms with Gasteiger partial charge in [0.2, 0.25) is 59.1 Å². The number of hydrogen-bond acceptors (Lipinski definition) is 30. The molecule has 5 heterocycles. The van der Waals surface area contributed by atoms with E-state index in [1.165, 1.54) is 19.6 Å². The highest BCUT2D eigenvalue weighted by Gasteiger charge is 2.48. The van der Waals surface area contributed by atoms with Gasteiger partial charge in [-0.1, -0.05) is 87.8 Å². The van der Waals surface area contributed by atoms with Crippen molar-refractivity contribution >= 4 is 112 Å². The molecule has 0 spiro atoms. The molecule has 1 aromatic rings. The minimum atomic E-state index is -0.838. The molecular formula is C109H159N7O28. The molecule has 10 amide bonds. The molecule has 10 fully saturated rings. The topological polar surface area (TPSA) is 515 Å². The third-order valence-corrected chi connectivity index (χ3v) is 30.0. The summed E-state index contributed by atoms with van der Waals surface area (Å²) in [5.41, 5.74) is 1.32. The molecule has 5 saturated carbocycles. The van der Waals surface area contributed by atoms with E-state index in [0.29, 0.717) is 138 Å². The lowest BCUT2D eigenvalue weighted by molar-refractivity contribution is -0.159. The number of likely N-dealkylation sites (tertiary alicyclic amines) is 5. The number of amides is 10. The van der Waals surface area contributed by atoms with Gasteiger partial charge in [-0.2, -0.15) is 10.5 Å². The molecule has 20 atom stereocenters. The average Bonchev–Trinajstić information content (AvgIpc) is 0.815. The Morgan fingerprint density at radius 1 is 0.368 bits per heavy atom. The SMILES string of the molecule is C#COC(=O)CCCO[C@H](CC1CC(=O)N(CCCC(=O)OCC)C(=O)C1)C1C[C@@H](C)CC(C)C1=O.CC1C[C@H](C)CC([C@H](O)CC2CC(=O)N(CCCC#N)C(=O)C2)C1=O.CC1C[C@H](C)CC([C@H](O)CC2CC(=O)N(Cc3ccc(C#N)cc3)C(=O)C2)C1=O.CCOC(=O)CCCN1C(=O)CC(C[C@@H](O)C2C[C@@H](C)CC(C)C2=O)CC1=O.CCOC(=O)CN1C(=O)CC(C[C@@H](O)C2C[C@@H](C)CC(C)C2=O)CC1=O.[HH]. The molecule has 798 valence electrons. The van der Waals surface area contributed by atoms with Crippen LogP contribution < -0.4 is 0 Å². The van der Waals surface area contributed by atoms with Crippen LogP contribution in [0, 0.1) is 154 Å².